The van der Waals surface area contributed by atoms with Gasteiger partial charge in [-0.2, -0.15) is 5.10 Å². The van der Waals surface area contributed by atoms with Crippen molar-refractivity contribution in [2.75, 3.05) is 0 Å². The maximum atomic E-state index is 13.0. The van der Waals surface area contributed by atoms with E-state index in [2.05, 4.69) is 32.4 Å². The molecule has 186 valence electrons. The number of rotatable bonds is 2. The van der Waals surface area contributed by atoms with Crippen molar-refractivity contribution in [3.63, 3.8) is 0 Å². The van der Waals surface area contributed by atoms with Crippen molar-refractivity contribution in [1.82, 2.24) is 29.4 Å². The molecule has 5 rings (SSSR count). The van der Waals surface area contributed by atoms with Crippen LogP contribution in [0.15, 0.2) is 24.3 Å². The van der Waals surface area contributed by atoms with Gasteiger partial charge in [-0.1, -0.05) is 11.6 Å². The molecular weight excluding hydrogens is 464 g/mol. The molecule has 1 fully saturated rings. The molecule has 1 amide bonds. The van der Waals surface area contributed by atoms with E-state index in [1.165, 1.54) is 5.69 Å². The molecule has 35 heavy (non-hydrogen) atoms. The van der Waals surface area contributed by atoms with E-state index in [0.717, 1.165) is 54.3 Å². The van der Waals surface area contributed by atoms with Gasteiger partial charge in [0, 0.05) is 16.6 Å². The van der Waals surface area contributed by atoms with Gasteiger partial charge in [0.05, 0.1) is 30.5 Å². The molecule has 1 aromatic carbocycles. The maximum Gasteiger partial charge on any atom is 0.411 e. The third-order valence-corrected chi connectivity index (χ3v) is 7.07. The molecule has 0 spiro atoms. The Kier molecular flexibility index (Phi) is 6.11. The zero-order valence-electron chi connectivity index (χ0n) is 21.1. The second-order valence-electron chi connectivity index (χ2n) is 10.8. The van der Waals surface area contributed by atoms with E-state index in [9.17, 15) is 4.79 Å². The normalized spacial score (nSPS) is 20.2. The molecule has 2 aromatic heterocycles. The quantitative estimate of drug-likeness (QED) is 0.442. The minimum Gasteiger partial charge on any atom is -0.444 e. The Hall–Kier alpha value is -2.87. The fourth-order valence-electron chi connectivity index (χ4n) is 5.34. The Morgan fingerprint density at radius 1 is 1.06 bits per heavy atom. The van der Waals surface area contributed by atoms with Gasteiger partial charge < -0.3 is 4.74 Å². The largest absolute Gasteiger partial charge is 0.444 e. The summed E-state index contributed by atoms with van der Waals surface area (Å²) >= 11 is 6.36. The van der Waals surface area contributed by atoms with Crippen molar-refractivity contribution in [2.24, 2.45) is 0 Å². The molecule has 0 atom stereocenters. The molecule has 0 saturated heterocycles. The van der Waals surface area contributed by atoms with Crippen molar-refractivity contribution < 1.29 is 9.53 Å². The number of amides is 1. The molecule has 0 N–H and O–H groups in total. The van der Waals surface area contributed by atoms with Gasteiger partial charge in [0.15, 0.2) is 5.82 Å². The summed E-state index contributed by atoms with van der Waals surface area (Å²) in [6, 6.07) is 8.38. The summed E-state index contributed by atoms with van der Waals surface area (Å²) in [5.74, 6) is 2.00. The van der Waals surface area contributed by atoms with Crippen LogP contribution in [0.5, 0.6) is 0 Å². The van der Waals surface area contributed by atoms with Gasteiger partial charge in [-0.3, -0.25) is 14.1 Å². The van der Waals surface area contributed by atoms with E-state index < -0.39 is 5.60 Å². The predicted octanol–water partition coefficient (Wildman–Crippen LogP) is 5.88. The molecule has 1 aliphatic carbocycles. The van der Waals surface area contributed by atoms with Crippen molar-refractivity contribution >= 4 is 17.7 Å². The SMILES string of the molecule is Cc1cc(C)n([C@H]2CC[C@H](c3nnc4n3-c3ccc(Cl)cc3CN(C(=O)OC(C)(C)C)C4)CC2)n1. The molecular formula is C26H33ClN6O2. The highest BCUT2D eigenvalue weighted by molar-refractivity contribution is 6.30. The summed E-state index contributed by atoms with van der Waals surface area (Å²) in [6.45, 7) is 10.5. The first-order valence-electron chi connectivity index (χ1n) is 12.3. The molecule has 8 nitrogen and oxygen atoms in total. The summed E-state index contributed by atoms with van der Waals surface area (Å²) in [5.41, 5.74) is 3.65. The summed E-state index contributed by atoms with van der Waals surface area (Å²) in [6.07, 6.45) is 3.75. The number of fused-ring (bicyclic) bond motifs is 3. The Morgan fingerprint density at radius 2 is 1.80 bits per heavy atom. The van der Waals surface area contributed by atoms with Crippen molar-refractivity contribution in [2.45, 2.75) is 91.0 Å². The molecule has 3 heterocycles. The lowest BCUT2D eigenvalue weighted by Gasteiger charge is -2.29. The first-order valence-corrected chi connectivity index (χ1v) is 12.7. The fourth-order valence-corrected chi connectivity index (χ4v) is 5.54. The number of benzene rings is 1. The van der Waals surface area contributed by atoms with Crippen LogP contribution < -0.4 is 0 Å². The molecule has 1 saturated carbocycles. The minimum absolute atomic E-state index is 0.293. The number of aryl methyl sites for hydroxylation is 2. The van der Waals surface area contributed by atoms with Crippen molar-refractivity contribution in [3.05, 3.63) is 57.9 Å². The minimum atomic E-state index is -0.580. The first-order chi connectivity index (χ1) is 16.6. The second-order valence-corrected chi connectivity index (χ2v) is 11.2. The number of aromatic nitrogens is 5. The fraction of sp³-hybridized carbons (Fsp3) is 0.538. The van der Waals surface area contributed by atoms with Gasteiger partial charge in [-0.25, -0.2) is 4.79 Å². The Labute approximate surface area is 211 Å². The first kappa shape index (κ1) is 23.9. The predicted molar refractivity (Wildman–Crippen MR) is 134 cm³/mol. The van der Waals surface area contributed by atoms with Gasteiger partial charge in [-0.05, 0) is 90.1 Å². The Balaban J connectivity index is 1.44. The van der Waals surface area contributed by atoms with E-state index >= 15 is 0 Å². The molecule has 0 unspecified atom stereocenters. The lowest BCUT2D eigenvalue weighted by molar-refractivity contribution is 0.0214. The third-order valence-electron chi connectivity index (χ3n) is 6.84. The molecule has 1 aliphatic heterocycles. The van der Waals surface area contributed by atoms with Gasteiger partial charge in [0.25, 0.3) is 0 Å². The number of nitrogens with zero attached hydrogens (tertiary/aromatic N) is 6. The van der Waals surface area contributed by atoms with Crippen LogP contribution >= 0.6 is 11.6 Å². The third kappa shape index (κ3) is 4.81. The Morgan fingerprint density at radius 3 is 2.46 bits per heavy atom. The molecule has 2 aliphatic rings. The van der Waals surface area contributed by atoms with Crippen LogP contribution in [0.4, 0.5) is 4.79 Å². The Bertz CT molecular complexity index is 1250. The van der Waals surface area contributed by atoms with Gasteiger partial charge in [0.1, 0.15) is 11.4 Å². The average Bonchev–Trinajstić information content (AvgIpc) is 3.30. The highest BCUT2D eigenvalue weighted by atomic mass is 35.5. The van der Waals surface area contributed by atoms with E-state index in [-0.39, 0.29) is 6.09 Å². The lowest BCUT2D eigenvalue weighted by Crippen LogP contribution is -2.35. The van der Waals surface area contributed by atoms with Crippen LogP contribution in [0.3, 0.4) is 0 Å². The van der Waals surface area contributed by atoms with Crippen LogP contribution in [0, 0.1) is 13.8 Å². The summed E-state index contributed by atoms with van der Waals surface area (Å²) < 4.78 is 10.00. The van der Waals surface area contributed by atoms with Crippen molar-refractivity contribution in [1.29, 1.82) is 0 Å². The number of carbonyl (C=O) groups excluding carboxylic acids is 1. The average molecular weight is 497 g/mol. The van der Waals surface area contributed by atoms with Gasteiger partial charge >= 0.3 is 6.09 Å². The van der Waals surface area contributed by atoms with Crippen LogP contribution in [-0.2, 0) is 17.8 Å². The van der Waals surface area contributed by atoms with Crippen LogP contribution in [0.2, 0.25) is 5.02 Å². The van der Waals surface area contributed by atoms with Crippen LogP contribution in [0.25, 0.3) is 5.69 Å². The number of hydrogen-bond acceptors (Lipinski definition) is 5. The zero-order valence-corrected chi connectivity index (χ0v) is 21.8. The van der Waals surface area contributed by atoms with Crippen LogP contribution in [-0.4, -0.2) is 41.1 Å². The van der Waals surface area contributed by atoms with Crippen LogP contribution in [0.1, 0.15) is 87.0 Å². The van der Waals surface area contributed by atoms with Gasteiger partial charge in [0.2, 0.25) is 0 Å². The summed E-state index contributed by atoms with van der Waals surface area (Å²) in [4.78, 5) is 14.7. The molecule has 0 radical (unpaired) electrons. The molecule has 0 bridgehead atoms. The zero-order chi connectivity index (χ0) is 24.9. The second kappa shape index (κ2) is 8.97. The highest BCUT2D eigenvalue weighted by Gasteiger charge is 2.33. The number of carbonyl (C=O) groups is 1. The smallest absolute Gasteiger partial charge is 0.411 e. The molecule has 9 heteroatoms. The summed E-state index contributed by atoms with van der Waals surface area (Å²) in [7, 11) is 0. The lowest BCUT2D eigenvalue weighted by atomic mass is 9.85. The highest BCUT2D eigenvalue weighted by Crippen LogP contribution is 2.40. The van der Waals surface area contributed by atoms with E-state index in [1.807, 2.05) is 45.9 Å². The topological polar surface area (TPSA) is 78.1 Å². The number of ether oxygens (including phenoxy) is 1. The van der Waals surface area contributed by atoms with E-state index in [0.29, 0.717) is 30.1 Å². The molecule has 3 aromatic rings. The van der Waals surface area contributed by atoms with E-state index in [1.54, 1.807) is 4.90 Å². The van der Waals surface area contributed by atoms with Gasteiger partial charge in [-0.15, -0.1) is 10.2 Å². The van der Waals surface area contributed by atoms with E-state index in [4.69, 9.17) is 21.4 Å². The standard InChI is InChI=1S/C26H33ClN6O2/c1-16-12-17(2)33(30-16)21-9-6-18(7-10-21)24-29-28-23-15-31(25(34)35-26(3,4)5)14-19-13-20(27)8-11-22(19)32(23)24/h8,11-13,18,21H,6-7,9-10,14-15H2,1-5H3/t18-,21-. The maximum absolute atomic E-state index is 13.0. The summed E-state index contributed by atoms with van der Waals surface area (Å²) in [5, 5.41) is 14.6. The number of halogens is 1. The van der Waals surface area contributed by atoms with Crippen molar-refractivity contribution in [3.8, 4) is 5.69 Å². The monoisotopic (exact) mass is 496 g/mol. The number of hydrogen-bond donors (Lipinski definition) is 0.